The minimum atomic E-state index is -0.513. The van der Waals surface area contributed by atoms with E-state index >= 15 is 0 Å². The van der Waals surface area contributed by atoms with Crippen LogP contribution < -0.4 is 10.2 Å². The summed E-state index contributed by atoms with van der Waals surface area (Å²) >= 11 is 0. The highest BCUT2D eigenvalue weighted by Crippen LogP contribution is 2.21. The maximum Gasteiger partial charge on any atom is 0.335 e. The second-order valence-corrected chi connectivity index (χ2v) is 6.61. The fraction of sp³-hybridized carbons (Fsp3) is 0.579. The van der Waals surface area contributed by atoms with Crippen molar-refractivity contribution < 1.29 is 19.1 Å². The van der Waals surface area contributed by atoms with Crippen molar-refractivity contribution in [3.05, 3.63) is 24.3 Å². The molecule has 2 fully saturated rings. The van der Waals surface area contributed by atoms with Crippen molar-refractivity contribution in [1.82, 2.24) is 0 Å². The number of carbonyl (C=O) groups is 2. The SMILES string of the molecule is O=C(COC(=O)[C@H]1CCCO1)Nc1ccc(N2CCCCCC2)cc1. The highest BCUT2D eigenvalue weighted by Gasteiger charge is 2.25. The molecular formula is C19H26N2O4. The van der Waals surface area contributed by atoms with Gasteiger partial charge < -0.3 is 19.7 Å². The summed E-state index contributed by atoms with van der Waals surface area (Å²) in [6.45, 7) is 2.47. The molecule has 2 aliphatic heterocycles. The number of benzene rings is 1. The maximum absolute atomic E-state index is 11.9. The molecule has 1 atom stereocenters. The molecular weight excluding hydrogens is 320 g/mol. The standard InChI is InChI=1S/C19H26N2O4/c22-18(14-25-19(23)17-6-5-13-24-17)20-15-7-9-16(10-8-15)21-11-3-1-2-4-12-21/h7-10,17H,1-6,11-14H2,(H,20,22)/t17-/m1/s1. The molecule has 0 aliphatic carbocycles. The Morgan fingerprint density at radius 2 is 1.80 bits per heavy atom. The molecule has 1 aromatic rings. The first kappa shape index (κ1) is 17.7. The van der Waals surface area contributed by atoms with Gasteiger partial charge in [0, 0.05) is 31.1 Å². The third kappa shape index (κ3) is 5.19. The van der Waals surface area contributed by atoms with Crippen LogP contribution in [0.5, 0.6) is 0 Å². The summed E-state index contributed by atoms with van der Waals surface area (Å²) in [6.07, 6.45) is 6.07. The number of nitrogens with one attached hydrogen (secondary N) is 1. The summed E-state index contributed by atoms with van der Waals surface area (Å²) in [6, 6.07) is 7.83. The molecule has 0 spiro atoms. The number of amides is 1. The van der Waals surface area contributed by atoms with Crippen LogP contribution >= 0.6 is 0 Å². The largest absolute Gasteiger partial charge is 0.454 e. The van der Waals surface area contributed by atoms with Gasteiger partial charge in [-0.15, -0.1) is 0 Å². The second kappa shape index (κ2) is 8.85. The van der Waals surface area contributed by atoms with Crippen LogP contribution in [-0.4, -0.2) is 44.3 Å². The fourth-order valence-corrected chi connectivity index (χ4v) is 3.27. The van der Waals surface area contributed by atoms with Crippen LogP contribution in [0.25, 0.3) is 0 Å². The summed E-state index contributed by atoms with van der Waals surface area (Å²) in [5, 5.41) is 2.75. The lowest BCUT2D eigenvalue weighted by Gasteiger charge is -2.22. The first-order valence-electron chi connectivity index (χ1n) is 9.15. The van der Waals surface area contributed by atoms with Crippen molar-refractivity contribution in [1.29, 1.82) is 0 Å². The van der Waals surface area contributed by atoms with Crippen LogP contribution in [0.4, 0.5) is 11.4 Å². The van der Waals surface area contributed by atoms with Gasteiger partial charge >= 0.3 is 5.97 Å². The van der Waals surface area contributed by atoms with E-state index in [0.717, 1.165) is 19.5 Å². The summed E-state index contributed by atoms with van der Waals surface area (Å²) in [5.41, 5.74) is 1.89. The van der Waals surface area contributed by atoms with E-state index in [1.807, 2.05) is 24.3 Å². The van der Waals surface area contributed by atoms with Crippen LogP contribution in [0, 0.1) is 0 Å². The van der Waals surface area contributed by atoms with Gasteiger partial charge in [-0.3, -0.25) is 4.79 Å². The summed E-state index contributed by atoms with van der Waals surface area (Å²) in [5.74, 6) is -0.793. The van der Waals surface area contributed by atoms with E-state index in [4.69, 9.17) is 9.47 Å². The Bertz CT molecular complexity index is 574. The Hall–Kier alpha value is -2.08. The van der Waals surface area contributed by atoms with Crippen LogP contribution in [0.15, 0.2) is 24.3 Å². The minimum absolute atomic E-state index is 0.285. The molecule has 1 N–H and O–H groups in total. The Labute approximate surface area is 148 Å². The third-order valence-electron chi connectivity index (χ3n) is 4.66. The van der Waals surface area contributed by atoms with Crippen molar-refractivity contribution >= 4 is 23.3 Å². The molecule has 136 valence electrons. The zero-order valence-electron chi connectivity index (χ0n) is 14.5. The summed E-state index contributed by atoms with van der Waals surface area (Å²) < 4.78 is 10.2. The third-order valence-corrected chi connectivity index (χ3v) is 4.66. The van der Waals surface area contributed by atoms with Crippen LogP contribution in [0.2, 0.25) is 0 Å². The van der Waals surface area contributed by atoms with E-state index in [0.29, 0.717) is 18.7 Å². The van der Waals surface area contributed by atoms with Crippen molar-refractivity contribution in [2.45, 2.75) is 44.6 Å². The van der Waals surface area contributed by atoms with E-state index in [1.165, 1.54) is 31.4 Å². The molecule has 3 rings (SSSR count). The predicted molar refractivity (Wildman–Crippen MR) is 95.7 cm³/mol. The number of hydrogen-bond acceptors (Lipinski definition) is 5. The monoisotopic (exact) mass is 346 g/mol. The molecule has 25 heavy (non-hydrogen) atoms. The molecule has 0 unspecified atom stereocenters. The quantitative estimate of drug-likeness (QED) is 0.830. The molecule has 0 aromatic heterocycles. The molecule has 0 saturated carbocycles. The highest BCUT2D eigenvalue weighted by atomic mass is 16.6. The lowest BCUT2D eigenvalue weighted by atomic mass is 10.2. The number of nitrogens with zero attached hydrogens (tertiary/aromatic N) is 1. The smallest absolute Gasteiger partial charge is 0.335 e. The average Bonchev–Trinajstić information content (AvgIpc) is 3.03. The molecule has 2 heterocycles. The van der Waals surface area contributed by atoms with Gasteiger partial charge in [0.05, 0.1) is 0 Å². The Balaban J connectivity index is 1.45. The predicted octanol–water partition coefficient (Wildman–Crippen LogP) is 2.73. The second-order valence-electron chi connectivity index (χ2n) is 6.61. The molecule has 1 amide bonds. The zero-order valence-corrected chi connectivity index (χ0v) is 14.5. The normalized spacial score (nSPS) is 20.8. The number of hydrogen-bond donors (Lipinski definition) is 1. The van der Waals surface area contributed by atoms with E-state index in [1.54, 1.807) is 0 Å². The number of carbonyl (C=O) groups excluding carboxylic acids is 2. The van der Waals surface area contributed by atoms with Gasteiger partial charge in [0.2, 0.25) is 0 Å². The number of esters is 1. The molecule has 6 heteroatoms. The van der Waals surface area contributed by atoms with Gasteiger partial charge in [0.1, 0.15) is 0 Å². The van der Waals surface area contributed by atoms with Gasteiger partial charge in [0.15, 0.2) is 12.7 Å². The lowest BCUT2D eigenvalue weighted by molar-refractivity contribution is -0.156. The Morgan fingerprint density at radius 1 is 1.08 bits per heavy atom. The molecule has 0 radical (unpaired) electrons. The van der Waals surface area contributed by atoms with Crippen molar-refractivity contribution in [2.24, 2.45) is 0 Å². The van der Waals surface area contributed by atoms with Gasteiger partial charge in [-0.25, -0.2) is 4.79 Å². The minimum Gasteiger partial charge on any atom is -0.454 e. The number of ether oxygens (including phenoxy) is 2. The summed E-state index contributed by atoms with van der Waals surface area (Å²) in [7, 11) is 0. The molecule has 2 aliphatic rings. The average molecular weight is 346 g/mol. The highest BCUT2D eigenvalue weighted by molar-refractivity contribution is 5.93. The van der Waals surface area contributed by atoms with E-state index in [9.17, 15) is 9.59 Å². The lowest BCUT2D eigenvalue weighted by Crippen LogP contribution is -2.27. The van der Waals surface area contributed by atoms with Crippen LogP contribution in [0.1, 0.15) is 38.5 Å². The number of rotatable bonds is 5. The fourth-order valence-electron chi connectivity index (χ4n) is 3.27. The van der Waals surface area contributed by atoms with Crippen molar-refractivity contribution in [2.75, 3.05) is 36.5 Å². The van der Waals surface area contributed by atoms with Crippen LogP contribution in [0.3, 0.4) is 0 Å². The van der Waals surface area contributed by atoms with Gasteiger partial charge in [-0.2, -0.15) is 0 Å². The Kier molecular flexibility index (Phi) is 6.28. The zero-order chi connectivity index (χ0) is 17.5. The topological polar surface area (TPSA) is 67.9 Å². The summed E-state index contributed by atoms with van der Waals surface area (Å²) in [4.78, 5) is 26.0. The van der Waals surface area contributed by atoms with E-state index in [2.05, 4.69) is 10.2 Å². The van der Waals surface area contributed by atoms with Crippen LogP contribution in [-0.2, 0) is 19.1 Å². The van der Waals surface area contributed by atoms with E-state index < -0.39 is 12.1 Å². The van der Waals surface area contributed by atoms with E-state index in [-0.39, 0.29) is 12.5 Å². The molecule has 1 aromatic carbocycles. The first-order chi connectivity index (χ1) is 12.2. The van der Waals surface area contributed by atoms with Gasteiger partial charge in [-0.05, 0) is 49.9 Å². The van der Waals surface area contributed by atoms with Crippen molar-refractivity contribution in [3.8, 4) is 0 Å². The van der Waals surface area contributed by atoms with Gasteiger partial charge in [-0.1, -0.05) is 12.8 Å². The molecule has 6 nitrogen and oxygen atoms in total. The first-order valence-corrected chi connectivity index (χ1v) is 9.15. The van der Waals surface area contributed by atoms with Crippen molar-refractivity contribution in [3.63, 3.8) is 0 Å². The molecule has 2 saturated heterocycles. The van der Waals surface area contributed by atoms with Gasteiger partial charge in [0.25, 0.3) is 5.91 Å². The maximum atomic E-state index is 11.9. The molecule has 0 bridgehead atoms. The Morgan fingerprint density at radius 3 is 2.44 bits per heavy atom. The number of anilines is 2.